The molecule has 0 saturated heterocycles. The molecule has 4 heteroatoms. The molecule has 0 N–H and O–H groups in total. The van der Waals surface area contributed by atoms with E-state index in [1.165, 1.54) is 0 Å². The van der Waals surface area contributed by atoms with Gasteiger partial charge in [-0.05, 0) is 48.9 Å². The third-order valence-corrected chi connectivity index (χ3v) is 4.27. The third kappa shape index (κ3) is 5.68. The Kier molecular flexibility index (Phi) is 8.73. The second kappa shape index (κ2) is 11.5. The van der Waals surface area contributed by atoms with Gasteiger partial charge in [-0.1, -0.05) is 36.4 Å². The molecule has 2 aromatic carbocycles. The summed E-state index contributed by atoms with van der Waals surface area (Å²) in [5.74, 6) is 1.25. The average molecular weight is 378 g/mol. The van der Waals surface area contributed by atoms with Crippen LogP contribution >= 0.6 is 0 Å². The SMILES string of the molecule is C=CCc1cccc(C=O)c1OCCCCOc1c(C=O)cccc1CC=C. The highest BCUT2D eigenvalue weighted by atomic mass is 16.5. The minimum absolute atomic E-state index is 0.479. The van der Waals surface area contributed by atoms with Crippen LogP contribution in [0.15, 0.2) is 61.7 Å². The van der Waals surface area contributed by atoms with Crippen LogP contribution in [0.1, 0.15) is 44.7 Å². The Morgan fingerprint density at radius 2 is 1.14 bits per heavy atom. The number of unbranched alkanes of at least 4 members (excludes halogenated alkanes) is 1. The number of carbonyl (C=O) groups is 2. The van der Waals surface area contributed by atoms with Crippen molar-refractivity contribution in [2.45, 2.75) is 25.7 Å². The zero-order valence-corrected chi connectivity index (χ0v) is 16.1. The zero-order chi connectivity index (χ0) is 20.2. The third-order valence-electron chi connectivity index (χ3n) is 4.27. The molecular formula is C24H26O4. The Morgan fingerprint density at radius 3 is 1.50 bits per heavy atom. The monoisotopic (exact) mass is 378 g/mol. The summed E-state index contributed by atoms with van der Waals surface area (Å²) < 4.78 is 11.7. The first-order valence-electron chi connectivity index (χ1n) is 9.36. The highest BCUT2D eigenvalue weighted by molar-refractivity contribution is 5.80. The number of carbonyl (C=O) groups excluding carboxylic acids is 2. The Labute approximate surface area is 166 Å². The van der Waals surface area contributed by atoms with Crippen molar-refractivity contribution in [2.24, 2.45) is 0 Å². The van der Waals surface area contributed by atoms with Crippen LogP contribution in [0.25, 0.3) is 0 Å². The largest absolute Gasteiger partial charge is 0.493 e. The standard InChI is InChI=1S/C24H26O4/c1-3-9-19-11-7-13-21(17-25)23(19)27-15-5-6-16-28-24-20(10-4-2)12-8-14-22(24)18-26/h3-4,7-8,11-14,17-18H,1-2,5-6,9-10,15-16H2. The van der Waals surface area contributed by atoms with E-state index in [4.69, 9.17) is 9.47 Å². The second-order valence-corrected chi connectivity index (χ2v) is 6.30. The molecule has 0 saturated carbocycles. The Balaban J connectivity index is 1.88. The van der Waals surface area contributed by atoms with Gasteiger partial charge in [0.1, 0.15) is 11.5 Å². The number of allylic oxidation sites excluding steroid dienone is 2. The van der Waals surface area contributed by atoms with Crippen LogP contribution in [0.2, 0.25) is 0 Å². The van der Waals surface area contributed by atoms with Gasteiger partial charge in [0.15, 0.2) is 12.6 Å². The molecule has 28 heavy (non-hydrogen) atoms. The summed E-state index contributed by atoms with van der Waals surface area (Å²) in [7, 11) is 0. The van der Waals surface area contributed by atoms with E-state index in [0.29, 0.717) is 48.7 Å². The number of para-hydroxylation sites is 2. The van der Waals surface area contributed by atoms with Crippen molar-refractivity contribution in [3.8, 4) is 11.5 Å². The van der Waals surface area contributed by atoms with Gasteiger partial charge >= 0.3 is 0 Å². The zero-order valence-electron chi connectivity index (χ0n) is 16.1. The van der Waals surface area contributed by atoms with E-state index in [2.05, 4.69) is 13.2 Å². The average Bonchev–Trinajstić information content (AvgIpc) is 2.72. The predicted molar refractivity (Wildman–Crippen MR) is 112 cm³/mol. The van der Waals surface area contributed by atoms with Crippen molar-refractivity contribution >= 4 is 12.6 Å². The maximum absolute atomic E-state index is 11.3. The molecule has 0 unspecified atom stereocenters. The first-order valence-corrected chi connectivity index (χ1v) is 9.36. The lowest BCUT2D eigenvalue weighted by molar-refractivity contribution is 0.111. The highest BCUT2D eigenvalue weighted by Gasteiger charge is 2.10. The molecule has 2 aromatic rings. The van der Waals surface area contributed by atoms with E-state index in [0.717, 1.165) is 36.5 Å². The molecule has 0 radical (unpaired) electrons. The van der Waals surface area contributed by atoms with Gasteiger partial charge in [-0.2, -0.15) is 0 Å². The number of aldehydes is 2. The lowest BCUT2D eigenvalue weighted by Gasteiger charge is -2.14. The molecule has 0 bridgehead atoms. The summed E-state index contributed by atoms with van der Waals surface area (Å²) in [6, 6.07) is 11.0. The lowest BCUT2D eigenvalue weighted by atomic mass is 10.1. The van der Waals surface area contributed by atoms with E-state index in [1.54, 1.807) is 24.3 Å². The molecule has 0 aliphatic heterocycles. The smallest absolute Gasteiger partial charge is 0.153 e. The molecule has 0 heterocycles. The van der Waals surface area contributed by atoms with Crippen LogP contribution in [0, 0.1) is 0 Å². The van der Waals surface area contributed by atoms with Gasteiger partial charge in [0.05, 0.1) is 24.3 Å². The van der Waals surface area contributed by atoms with Crippen LogP contribution in [0.4, 0.5) is 0 Å². The first-order chi connectivity index (χ1) is 13.7. The molecule has 0 atom stereocenters. The van der Waals surface area contributed by atoms with Crippen molar-refractivity contribution in [3.63, 3.8) is 0 Å². The number of hydrogen-bond donors (Lipinski definition) is 0. The number of rotatable bonds is 13. The van der Waals surface area contributed by atoms with Crippen molar-refractivity contribution in [1.29, 1.82) is 0 Å². The minimum Gasteiger partial charge on any atom is -0.493 e. The molecule has 0 aliphatic rings. The van der Waals surface area contributed by atoms with Gasteiger partial charge in [0, 0.05) is 0 Å². The van der Waals surface area contributed by atoms with Crippen LogP contribution in [0.5, 0.6) is 11.5 Å². The predicted octanol–water partition coefficient (Wildman–Crippen LogP) is 5.01. The van der Waals surface area contributed by atoms with E-state index in [1.807, 2.05) is 24.3 Å². The van der Waals surface area contributed by atoms with Crippen LogP contribution in [0.3, 0.4) is 0 Å². The number of hydrogen-bond acceptors (Lipinski definition) is 4. The van der Waals surface area contributed by atoms with Gasteiger partial charge < -0.3 is 9.47 Å². The van der Waals surface area contributed by atoms with Crippen molar-refractivity contribution in [3.05, 3.63) is 84.0 Å². The normalized spacial score (nSPS) is 10.1. The molecule has 2 rings (SSSR count). The van der Waals surface area contributed by atoms with Crippen LogP contribution < -0.4 is 9.47 Å². The van der Waals surface area contributed by atoms with Gasteiger partial charge in [0.25, 0.3) is 0 Å². The number of ether oxygens (including phenoxy) is 2. The highest BCUT2D eigenvalue weighted by Crippen LogP contribution is 2.25. The Bertz CT molecular complexity index is 754. The Morgan fingerprint density at radius 1 is 0.714 bits per heavy atom. The maximum atomic E-state index is 11.3. The molecule has 0 spiro atoms. The topological polar surface area (TPSA) is 52.6 Å². The fraction of sp³-hybridized carbons (Fsp3) is 0.250. The van der Waals surface area contributed by atoms with Crippen LogP contribution in [-0.4, -0.2) is 25.8 Å². The van der Waals surface area contributed by atoms with E-state index >= 15 is 0 Å². The summed E-state index contributed by atoms with van der Waals surface area (Å²) in [5.41, 5.74) is 2.99. The molecular weight excluding hydrogens is 352 g/mol. The quantitative estimate of drug-likeness (QED) is 0.279. The molecule has 4 nitrogen and oxygen atoms in total. The summed E-state index contributed by atoms with van der Waals surface area (Å²) in [5, 5.41) is 0. The van der Waals surface area contributed by atoms with Gasteiger partial charge in [0.2, 0.25) is 0 Å². The summed E-state index contributed by atoms with van der Waals surface area (Å²) in [6.45, 7) is 8.45. The second-order valence-electron chi connectivity index (χ2n) is 6.30. The van der Waals surface area contributed by atoms with Gasteiger partial charge in [-0.25, -0.2) is 0 Å². The lowest BCUT2D eigenvalue weighted by Crippen LogP contribution is -2.07. The molecule has 0 amide bonds. The van der Waals surface area contributed by atoms with Gasteiger partial charge in [-0.15, -0.1) is 13.2 Å². The first kappa shape index (κ1) is 21.2. The van der Waals surface area contributed by atoms with Crippen molar-refractivity contribution < 1.29 is 19.1 Å². The summed E-state index contributed by atoms with van der Waals surface area (Å²) in [6.07, 6.45) is 8.02. The van der Waals surface area contributed by atoms with Crippen molar-refractivity contribution in [2.75, 3.05) is 13.2 Å². The summed E-state index contributed by atoms with van der Waals surface area (Å²) >= 11 is 0. The van der Waals surface area contributed by atoms with E-state index < -0.39 is 0 Å². The van der Waals surface area contributed by atoms with E-state index in [9.17, 15) is 9.59 Å². The molecule has 0 fully saturated rings. The maximum Gasteiger partial charge on any atom is 0.153 e. The fourth-order valence-electron chi connectivity index (χ4n) is 2.93. The van der Waals surface area contributed by atoms with Gasteiger partial charge in [-0.3, -0.25) is 9.59 Å². The number of benzene rings is 2. The van der Waals surface area contributed by atoms with E-state index in [-0.39, 0.29) is 0 Å². The Hall–Kier alpha value is -3.14. The molecule has 0 aliphatic carbocycles. The summed E-state index contributed by atoms with van der Waals surface area (Å²) in [4.78, 5) is 22.5. The minimum atomic E-state index is 0.479. The molecule has 146 valence electrons. The fourth-order valence-corrected chi connectivity index (χ4v) is 2.93. The van der Waals surface area contributed by atoms with Crippen molar-refractivity contribution in [1.82, 2.24) is 0 Å². The van der Waals surface area contributed by atoms with Crippen LogP contribution in [-0.2, 0) is 12.8 Å². The molecule has 0 aromatic heterocycles.